The summed E-state index contributed by atoms with van der Waals surface area (Å²) >= 11 is -2.61. The van der Waals surface area contributed by atoms with Gasteiger partial charge in [-0.05, 0) is 18.8 Å². The predicted molar refractivity (Wildman–Crippen MR) is 168 cm³/mol. The first kappa shape index (κ1) is 33.3. The summed E-state index contributed by atoms with van der Waals surface area (Å²) < 4.78 is 75.8. The molecule has 2 fully saturated rings. The molecule has 3 aromatic rings. The second-order valence-corrected chi connectivity index (χ2v) is 26.1. The van der Waals surface area contributed by atoms with Crippen molar-refractivity contribution in [1.29, 1.82) is 0 Å². The molecule has 244 valence electrons. The molecule has 1 aliphatic heterocycles. The molecule has 2 aliphatic rings. The summed E-state index contributed by atoms with van der Waals surface area (Å²) in [5, 5.41) is 4.39. The van der Waals surface area contributed by atoms with Gasteiger partial charge in [-0.1, -0.05) is 0 Å². The Morgan fingerprint density at radius 2 is 1.84 bits per heavy atom. The van der Waals surface area contributed by atoms with E-state index in [-0.39, 0.29) is 41.3 Å². The number of carbonyl (C=O) groups excluding carboxylic acids is 1. The number of rotatable bonds is 10. The van der Waals surface area contributed by atoms with Crippen molar-refractivity contribution in [2.75, 3.05) is 18.1 Å². The first-order valence-corrected chi connectivity index (χ1v) is 23.9. The van der Waals surface area contributed by atoms with Gasteiger partial charge in [-0.25, -0.2) is 0 Å². The van der Waals surface area contributed by atoms with Crippen LogP contribution in [0.4, 0.5) is 19.0 Å². The van der Waals surface area contributed by atoms with E-state index in [1.54, 1.807) is 30.5 Å². The Kier molecular flexibility index (Phi) is 8.84. The van der Waals surface area contributed by atoms with Gasteiger partial charge in [-0.2, -0.15) is 13.2 Å². The van der Waals surface area contributed by atoms with Gasteiger partial charge in [0.05, 0.1) is 12.5 Å². The third-order valence-corrected chi connectivity index (χ3v) is 14.6. The molecule has 1 saturated carbocycles. The van der Waals surface area contributed by atoms with Crippen LogP contribution in [0.5, 0.6) is 5.88 Å². The summed E-state index contributed by atoms with van der Waals surface area (Å²) in [6.07, 6.45) is -1.28. The van der Waals surface area contributed by atoms with E-state index in [2.05, 4.69) is 47.9 Å². The number of nitrogens with one attached hydrogen (secondary N) is 1. The Bertz CT molecular complexity index is 1690. The number of benzene rings is 1. The third kappa shape index (κ3) is 7.34. The zero-order valence-corrected chi connectivity index (χ0v) is 29.3. The number of halogens is 3. The fraction of sp³-hybridized carbons (Fsp3) is 0.516. The van der Waals surface area contributed by atoms with Crippen molar-refractivity contribution in [2.45, 2.75) is 73.9 Å². The monoisotopic (exact) mass is 709 g/mol. The van der Waals surface area contributed by atoms with Crippen molar-refractivity contribution in [3.8, 4) is 11.7 Å². The SMILES string of the molecule is C[C@@H]1CN(c2nc(-n3ccc(OCCC4CC4C(F)(F)F)n3)ccc2C(=O)NS(=O)(=O)c2cccc[c]2[Ge]([CH3])([CH3])[CH3])C(C)(C)C1. The average molecular weight is 708 g/mol. The van der Waals surface area contributed by atoms with E-state index >= 15 is 0 Å². The second kappa shape index (κ2) is 11.9. The van der Waals surface area contributed by atoms with Gasteiger partial charge >= 0.3 is 216 Å². The second-order valence-electron chi connectivity index (χ2n) is 13.8. The molecule has 1 saturated heterocycles. The van der Waals surface area contributed by atoms with Crippen molar-refractivity contribution in [1.82, 2.24) is 19.5 Å². The molecule has 5 rings (SSSR count). The number of amides is 1. The number of hydrogen-bond donors (Lipinski definition) is 1. The summed E-state index contributed by atoms with van der Waals surface area (Å²) in [6.45, 7) is 6.95. The van der Waals surface area contributed by atoms with Crippen LogP contribution in [0.2, 0.25) is 17.3 Å². The normalized spacial score (nSPS) is 21.5. The number of sulfonamides is 1. The summed E-state index contributed by atoms with van der Waals surface area (Å²) in [4.78, 5) is 20.7. The minimum absolute atomic E-state index is 0.113. The quantitative estimate of drug-likeness (QED) is 0.277. The Hall–Kier alpha value is -3.07. The van der Waals surface area contributed by atoms with Gasteiger partial charge in [0.25, 0.3) is 0 Å². The maximum absolute atomic E-state index is 13.7. The van der Waals surface area contributed by atoms with Crippen LogP contribution in [0.25, 0.3) is 5.82 Å². The zero-order chi connectivity index (χ0) is 32.9. The maximum atomic E-state index is 13.7. The van der Waals surface area contributed by atoms with Gasteiger partial charge < -0.3 is 4.74 Å². The fourth-order valence-electron chi connectivity index (χ4n) is 6.26. The molecule has 1 aromatic carbocycles. The number of nitrogens with zero attached hydrogens (tertiary/aromatic N) is 4. The number of alkyl halides is 3. The molecule has 0 bridgehead atoms. The minimum atomic E-state index is -4.18. The van der Waals surface area contributed by atoms with Crippen LogP contribution in [0.15, 0.2) is 53.6 Å². The van der Waals surface area contributed by atoms with E-state index in [1.807, 2.05) is 17.0 Å². The topological polar surface area (TPSA) is 106 Å². The van der Waals surface area contributed by atoms with Crippen LogP contribution in [0.1, 0.15) is 50.4 Å². The van der Waals surface area contributed by atoms with Gasteiger partial charge in [0, 0.05) is 0 Å². The molecule has 2 aromatic heterocycles. The van der Waals surface area contributed by atoms with Crippen LogP contribution in [-0.2, 0) is 10.0 Å². The molecule has 0 radical (unpaired) electrons. The van der Waals surface area contributed by atoms with E-state index in [4.69, 9.17) is 9.72 Å². The molecular weight excluding hydrogens is 668 g/mol. The van der Waals surface area contributed by atoms with Crippen molar-refractivity contribution in [3.63, 3.8) is 0 Å². The van der Waals surface area contributed by atoms with Crippen LogP contribution in [0, 0.1) is 17.8 Å². The number of carbonyl (C=O) groups is 1. The van der Waals surface area contributed by atoms with Crippen molar-refractivity contribution in [2.24, 2.45) is 17.8 Å². The Labute approximate surface area is 265 Å². The van der Waals surface area contributed by atoms with Crippen molar-refractivity contribution in [3.05, 3.63) is 54.2 Å². The van der Waals surface area contributed by atoms with Gasteiger partial charge in [-0.15, -0.1) is 0 Å². The molecule has 2 unspecified atom stereocenters. The molecule has 1 N–H and O–H groups in total. The fourth-order valence-corrected chi connectivity index (χ4v) is 12.7. The molecule has 14 heteroatoms. The van der Waals surface area contributed by atoms with Crippen molar-refractivity contribution >= 4 is 39.4 Å². The zero-order valence-electron chi connectivity index (χ0n) is 26.4. The number of pyridine rings is 1. The summed E-state index contributed by atoms with van der Waals surface area (Å²) in [6, 6.07) is 11.5. The summed E-state index contributed by atoms with van der Waals surface area (Å²) in [7, 11) is -4.18. The Balaban J connectivity index is 1.40. The molecule has 1 aliphatic carbocycles. The van der Waals surface area contributed by atoms with Gasteiger partial charge in [-0.3, -0.25) is 0 Å². The van der Waals surface area contributed by atoms with Crippen LogP contribution in [-0.4, -0.2) is 67.2 Å². The molecule has 3 heterocycles. The Morgan fingerprint density at radius 1 is 1.13 bits per heavy atom. The van der Waals surface area contributed by atoms with E-state index in [1.165, 1.54) is 10.7 Å². The van der Waals surface area contributed by atoms with E-state index in [0.717, 1.165) is 10.8 Å². The summed E-state index contributed by atoms with van der Waals surface area (Å²) in [5.41, 5.74) is -0.243. The van der Waals surface area contributed by atoms with Crippen LogP contribution >= 0.6 is 0 Å². The predicted octanol–water partition coefficient (Wildman–Crippen LogP) is 5.52. The summed E-state index contributed by atoms with van der Waals surface area (Å²) in [5.74, 6) is 5.09. The van der Waals surface area contributed by atoms with Gasteiger partial charge in [0.15, 0.2) is 0 Å². The number of hydrogen-bond acceptors (Lipinski definition) is 7. The van der Waals surface area contributed by atoms with E-state index < -0.39 is 47.2 Å². The van der Waals surface area contributed by atoms with E-state index in [0.29, 0.717) is 24.1 Å². The van der Waals surface area contributed by atoms with E-state index in [9.17, 15) is 26.4 Å². The molecule has 45 heavy (non-hydrogen) atoms. The average Bonchev–Trinajstić information content (AvgIpc) is 3.48. The molecule has 1 amide bonds. The number of anilines is 1. The molecule has 3 atom stereocenters. The number of ether oxygens (including phenoxy) is 1. The third-order valence-electron chi connectivity index (χ3n) is 8.53. The van der Waals surface area contributed by atoms with Crippen molar-refractivity contribution < 1.29 is 31.1 Å². The number of aromatic nitrogens is 3. The van der Waals surface area contributed by atoms with Gasteiger partial charge in [0.2, 0.25) is 0 Å². The molecule has 9 nitrogen and oxygen atoms in total. The van der Waals surface area contributed by atoms with Gasteiger partial charge in [0.1, 0.15) is 0 Å². The van der Waals surface area contributed by atoms with Crippen LogP contribution in [0.3, 0.4) is 0 Å². The van der Waals surface area contributed by atoms with Crippen LogP contribution < -0.4 is 18.8 Å². The Morgan fingerprint density at radius 3 is 2.47 bits per heavy atom. The standard InChI is InChI=1S/C31H40F3GeN5O4S/c1-20-18-30(2,3)39(19-20)28-22(29(41)38-45(42,43)25-10-8-7-9-24(25)35(4,5)6)11-12-26(36-28)40-15-13-27(37-40)44-16-14-21-17-23(21)31(32,33)34/h7-13,15,20-21,23H,14,16-19H2,1-6H3,(H,38,41)/t20-,21?,23?/m0/s1. The first-order chi connectivity index (χ1) is 20.9. The molecule has 0 spiro atoms. The molecular formula is C31H40F3GeN5O4S. The first-order valence-electron chi connectivity index (χ1n) is 15.1.